The van der Waals surface area contributed by atoms with Crippen molar-refractivity contribution in [2.45, 2.75) is 25.7 Å². The molecule has 0 unspecified atom stereocenters. The fourth-order valence-corrected chi connectivity index (χ4v) is 2.38. The van der Waals surface area contributed by atoms with Gasteiger partial charge in [0.1, 0.15) is 6.29 Å². The van der Waals surface area contributed by atoms with Crippen molar-refractivity contribution in [3.05, 3.63) is 0 Å². The van der Waals surface area contributed by atoms with Gasteiger partial charge in [0, 0.05) is 5.92 Å². The number of carbonyl (C=O) groups excluding carboxylic acids is 3. The van der Waals surface area contributed by atoms with Crippen LogP contribution in [-0.4, -0.2) is 32.4 Å². The normalized spacial score (nSPS) is 28.5. The van der Waals surface area contributed by atoms with E-state index < -0.39 is 23.3 Å². The zero-order chi connectivity index (χ0) is 12.2. The van der Waals surface area contributed by atoms with Crippen LogP contribution in [0.5, 0.6) is 0 Å². The predicted octanol–water partition coefficient (Wildman–Crippen LogP) is 0.708. The van der Waals surface area contributed by atoms with Gasteiger partial charge in [-0.1, -0.05) is 6.42 Å². The summed E-state index contributed by atoms with van der Waals surface area (Å²) in [5.74, 6) is -1.43. The smallest absolute Gasteiger partial charge is 0.313 e. The van der Waals surface area contributed by atoms with Crippen LogP contribution < -0.4 is 0 Å². The molecule has 0 amide bonds. The van der Waals surface area contributed by atoms with Crippen molar-refractivity contribution in [2.75, 3.05) is 14.2 Å². The second-order valence-electron chi connectivity index (χ2n) is 4.04. The van der Waals surface area contributed by atoms with Crippen molar-refractivity contribution in [1.82, 2.24) is 0 Å². The SMILES string of the molecule is COC(=O)C[C@]1(C(=O)OC)CCC[C@@H]1C=O. The van der Waals surface area contributed by atoms with Crippen LogP contribution in [0.4, 0.5) is 0 Å². The summed E-state index contributed by atoms with van der Waals surface area (Å²) in [6.45, 7) is 0. The van der Waals surface area contributed by atoms with Gasteiger partial charge >= 0.3 is 11.9 Å². The number of rotatable bonds is 4. The average Bonchev–Trinajstić information content (AvgIpc) is 2.71. The highest BCUT2D eigenvalue weighted by atomic mass is 16.5. The van der Waals surface area contributed by atoms with Gasteiger partial charge in [-0.3, -0.25) is 9.59 Å². The number of hydrogen-bond donors (Lipinski definition) is 0. The highest BCUT2D eigenvalue weighted by Crippen LogP contribution is 2.46. The zero-order valence-corrected chi connectivity index (χ0v) is 9.52. The minimum Gasteiger partial charge on any atom is -0.469 e. The molecule has 5 nitrogen and oxygen atoms in total. The molecule has 1 fully saturated rings. The minimum atomic E-state index is -1.01. The molecular weight excluding hydrogens is 212 g/mol. The van der Waals surface area contributed by atoms with E-state index in [9.17, 15) is 14.4 Å². The van der Waals surface area contributed by atoms with E-state index in [0.717, 1.165) is 12.7 Å². The lowest BCUT2D eigenvalue weighted by atomic mass is 9.75. The third-order valence-corrected chi connectivity index (χ3v) is 3.29. The molecule has 0 aliphatic heterocycles. The Bertz CT molecular complexity index is 299. The first-order valence-corrected chi connectivity index (χ1v) is 5.21. The topological polar surface area (TPSA) is 69.7 Å². The Morgan fingerprint density at radius 1 is 1.38 bits per heavy atom. The number of ether oxygens (including phenoxy) is 2. The third-order valence-electron chi connectivity index (χ3n) is 3.29. The zero-order valence-electron chi connectivity index (χ0n) is 9.52. The van der Waals surface area contributed by atoms with Crippen LogP contribution in [0.25, 0.3) is 0 Å². The van der Waals surface area contributed by atoms with Gasteiger partial charge in [0.25, 0.3) is 0 Å². The molecule has 0 bridgehead atoms. The fourth-order valence-electron chi connectivity index (χ4n) is 2.38. The lowest BCUT2D eigenvalue weighted by molar-refractivity contribution is -0.162. The number of esters is 2. The molecule has 1 rings (SSSR count). The van der Waals surface area contributed by atoms with Crippen LogP contribution >= 0.6 is 0 Å². The van der Waals surface area contributed by atoms with E-state index in [0.29, 0.717) is 12.8 Å². The Hall–Kier alpha value is -1.39. The molecule has 0 saturated heterocycles. The monoisotopic (exact) mass is 228 g/mol. The first-order valence-electron chi connectivity index (χ1n) is 5.21. The molecule has 0 spiro atoms. The van der Waals surface area contributed by atoms with E-state index >= 15 is 0 Å². The van der Waals surface area contributed by atoms with Crippen LogP contribution in [0, 0.1) is 11.3 Å². The quantitative estimate of drug-likeness (QED) is 0.523. The molecule has 2 atom stereocenters. The number of methoxy groups -OCH3 is 2. The van der Waals surface area contributed by atoms with Crippen molar-refractivity contribution >= 4 is 18.2 Å². The molecule has 0 heterocycles. The fraction of sp³-hybridized carbons (Fsp3) is 0.727. The Balaban J connectivity index is 2.96. The summed E-state index contributed by atoms with van der Waals surface area (Å²) < 4.78 is 9.27. The van der Waals surface area contributed by atoms with Crippen molar-refractivity contribution in [3.63, 3.8) is 0 Å². The van der Waals surface area contributed by atoms with E-state index in [-0.39, 0.29) is 6.42 Å². The van der Waals surface area contributed by atoms with E-state index in [1.807, 2.05) is 0 Å². The second kappa shape index (κ2) is 5.09. The Morgan fingerprint density at radius 2 is 2.06 bits per heavy atom. The van der Waals surface area contributed by atoms with Crippen molar-refractivity contribution in [3.8, 4) is 0 Å². The third kappa shape index (κ3) is 2.08. The number of carbonyl (C=O) groups is 3. The van der Waals surface area contributed by atoms with Gasteiger partial charge in [0.05, 0.1) is 26.1 Å². The van der Waals surface area contributed by atoms with Crippen LogP contribution in [0.1, 0.15) is 25.7 Å². The highest BCUT2D eigenvalue weighted by molar-refractivity contribution is 5.87. The molecule has 1 saturated carbocycles. The summed E-state index contributed by atoms with van der Waals surface area (Å²) in [6, 6.07) is 0. The summed E-state index contributed by atoms with van der Waals surface area (Å²) >= 11 is 0. The summed E-state index contributed by atoms with van der Waals surface area (Å²) in [5.41, 5.74) is -1.01. The molecule has 90 valence electrons. The van der Waals surface area contributed by atoms with Gasteiger partial charge in [0.2, 0.25) is 0 Å². The maximum atomic E-state index is 11.8. The Labute approximate surface area is 94.1 Å². The molecule has 0 aromatic heterocycles. The summed E-state index contributed by atoms with van der Waals surface area (Å²) in [7, 11) is 2.53. The van der Waals surface area contributed by atoms with Crippen LogP contribution in [0.2, 0.25) is 0 Å². The summed E-state index contributed by atoms with van der Waals surface area (Å²) in [5, 5.41) is 0. The van der Waals surface area contributed by atoms with Gasteiger partial charge in [-0.05, 0) is 12.8 Å². The molecule has 0 aromatic rings. The lowest BCUT2D eigenvalue weighted by Crippen LogP contribution is -2.39. The number of hydrogen-bond acceptors (Lipinski definition) is 5. The standard InChI is InChI=1S/C11H16O5/c1-15-9(13)6-11(10(14)16-2)5-3-4-8(11)7-12/h7-8H,3-6H2,1-2H3/t8-,11-/m1/s1. The first kappa shape index (κ1) is 12.7. The van der Waals surface area contributed by atoms with Crippen molar-refractivity contribution < 1.29 is 23.9 Å². The van der Waals surface area contributed by atoms with Gasteiger partial charge < -0.3 is 14.3 Å². The molecule has 0 N–H and O–H groups in total. The van der Waals surface area contributed by atoms with E-state index in [4.69, 9.17) is 4.74 Å². The molecule has 0 aromatic carbocycles. The predicted molar refractivity (Wildman–Crippen MR) is 54.5 cm³/mol. The summed E-state index contributed by atoms with van der Waals surface area (Å²) in [6.07, 6.45) is 2.52. The van der Waals surface area contributed by atoms with Crippen molar-refractivity contribution in [1.29, 1.82) is 0 Å². The van der Waals surface area contributed by atoms with Crippen LogP contribution in [-0.2, 0) is 23.9 Å². The van der Waals surface area contributed by atoms with Crippen molar-refractivity contribution in [2.24, 2.45) is 11.3 Å². The molecule has 16 heavy (non-hydrogen) atoms. The van der Waals surface area contributed by atoms with Gasteiger partial charge in [0.15, 0.2) is 0 Å². The number of aldehydes is 1. The van der Waals surface area contributed by atoms with Crippen LogP contribution in [0.15, 0.2) is 0 Å². The van der Waals surface area contributed by atoms with Gasteiger partial charge in [-0.15, -0.1) is 0 Å². The second-order valence-corrected chi connectivity index (χ2v) is 4.04. The highest BCUT2D eigenvalue weighted by Gasteiger charge is 2.51. The lowest BCUT2D eigenvalue weighted by Gasteiger charge is -2.28. The molecule has 5 heteroatoms. The molecule has 0 radical (unpaired) electrons. The largest absolute Gasteiger partial charge is 0.469 e. The van der Waals surface area contributed by atoms with Crippen LogP contribution in [0.3, 0.4) is 0 Å². The average molecular weight is 228 g/mol. The summed E-state index contributed by atoms with van der Waals surface area (Å²) in [4.78, 5) is 34.0. The molecular formula is C11H16O5. The molecule has 1 aliphatic carbocycles. The minimum absolute atomic E-state index is 0.0837. The van der Waals surface area contributed by atoms with Gasteiger partial charge in [-0.25, -0.2) is 0 Å². The van der Waals surface area contributed by atoms with E-state index in [1.54, 1.807) is 0 Å². The molecule has 1 aliphatic rings. The maximum absolute atomic E-state index is 11.8. The Kier molecular flexibility index (Phi) is 4.04. The van der Waals surface area contributed by atoms with E-state index in [2.05, 4.69) is 4.74 Å². The van der Waals surface area contributed by atoms with Gasteiger partial charge in [-0.2, -0.15) is 0 Å². The maximum Gasteiger partial charge on any atom is 0.313 e. The van der Waals surface area contributed by atoms with E-state index in [1.165, 1.54) is 14.2 Å². The first-order chi connectivity index (χ1) is 7.60. The Morgan fingerprint density at radius 3 is 2.56 bits per heavy atom.